The first-order chi connectivity index (χ1) is 11.4. The van der Waals surface area contributed by atoms with Crippen molar-refractivity contribution in [1.82, 2.24) is 10.6 Å². The van der Waals surface area contributed by atoms with E-state index < -0.39 is 10.0 Å². The van der Waals surface area contributed by atoms with Crippen molar-refractivity contribution in [3.63, 3.8) is 0 Å². The third-order valence-electron chi connectivity index (χ3n) is 4.40. The molecular formula is C17H27N3O3S. The highest BCUT2D eigenvalue weighted by Crippen LogP contribution is 2.27. The van der Waals surface area contributed by atoms with Crippen molar-refractivity contribution >= 4 is 21.6 Å². The quantitative estimate of drug-likeness (QED) is 0.699. The van der Waals surface area contributed by atoms with Gasteiger partial charge in [0.1, 0.15) is 0 Å². The molecule has 1 aliphatic heterocycles. The molecule has 7 heteroatoms. The van der Waals surface area contributed by atoms with Gasteiger partial charge in [0.05, 0.1) is 17.0 Å². The van der Waals surface area contributed by atoms with Crippen molar-refractivity contribution in [3.8, 4) is 0 Å². The minimum absolute atomic E-state index is 0.0357. The van der Waals surface area contributed by atoms with Crippen LogP contribution in [0.3, 0.4) is 0 Å². The molecule has 0 atom stereocenters. The first-order valence-corrected chi connectivity index (χ1v) is 10.1. The second-order valence-corrected chi connectivity index (χ2v) is 8.55. The van der Waals surface area contributed by atoms with Gasteiger partial charge in [-0.1, -0.05) is 26.0 Å². The average Bonchev–Trinajstić information content (AvgIpc) is 2.53. The molecule has 0 saturated carbocycles. The number of piperidine rings is 1. The molecule has 1 fully saturated rings. The van der Waals surface area contributed by atoms with Crippen LogP contribution in [-0.4, -0.2) is 39.7 Å². The molecule has 1 aromatic carbocycles. The molecule has 3 N–H and O–H groups in total. The van der Waals surface area contributed by atoms with Gasteiger partial charge in [-0.15, -0.1) is 0 Å². The number of nitrogens with one attached hydrogen (secondary N) is 3. The van der Waals surface area contributed by atoms with E-state index >= 15 is 0 Å². The lowest BCUT2D eigenvalue weighted by Crippen LogP contribution is -2.43. The molecule has 0 aromatic heterocycles. The third kappa shape index (κ3) is 5.21. The fourth-order valence-corrected chi connectivity index (χ4v) is 4.01. The number of carbonyl (C=O) groups excluding carboxylic acids is 1. The summed E-state index contributed by atoms with van der Waals surface area (Å²) < 4.78 is 26.5. The summed E-state index contributed by atoms with van der Waals surface area (Å²) in [5.41, 5.74) is 0.769. The largest absolute Gasteiger partial charge is 0.351 e. The Labute approximate surface area is 144 Å². The van der Waals surface area contributed by atoms with Crippen LogP contribution in [0.25, 0.3) is 0 Å². The number of amides is 1. The molecular weight excluding hydrogens is 326 g/mol. The Bertz CT molecular complexity index is 667. The Balaban J connectivity index is 2.06. The van der Waals surface area contributed by atoms with Crippen molar-refractivity contribution in [3.05, 3.63) is 29.8 Å². The highest BCUT2D eigenvalue weighted by Gasteiger charge is 2.27. The van der Waals surface area contributed by atoms with E-state index in [0.29, 0.717) is 24.2 Å². The maximum atomic E-state index is 12.5. The molecule has 1 aromatic rings. The van der Waals surface area contributed by atoms with Crippen LogP contribution in [0.15, 0.2) is 24.3 Å². The molecule has 0 bridgehead atoms. The number of hydrogen-bond acceptors (Lipinski definition) is 4. The second-order valence-electron chi connectivity index (χ2n) is 6.71. The smallest absolute Gasteiger partial charge is 0.253 e. The van der Waals surface area contributed by atoms with Crippen LogP contribution in [0.5, 0.6) is 0 Å². The highest BCUT2D eigenvalue weighted by atomic mass is 32.2. The summed E-state index contributed by atoms with van der Waals surface area (Å²) >= 11 is 0. The first-order valence-electron chi connectivity index (χ1n) is 8.44. The molecule has 2 rings (SSSR count). The summed E-state index contributed by atoms with van der Waals surface area (Å²) in [6.45, 7) is 6.48. The van der Waals surface area contributed by atoms with E-state index in [0.717, 1.165) is 25.9 Å². The molecule has 6 nitrogen and oxygen atoms in total. The topological polar surface area (TPSA) is 87.3 Å². The molecule has 1 amide bonds. The minimum atomic E-state index is -3.43. The van der Waals surface area contributed by atoms with E-state index in [4.69, 9.17) is 0 Å². The second kappa shape index (κ2) is 7.98. The van der Waals surface area contributed by atoms with Gasteiger partial charge < -0.3 is 10.6 Å². The molecule has 24 heavy (non-hydrogen) atoms. The Morgan fingerprint density at radius 3 is 2.58 bits per heavy atom. The molecule has 0 aliphatic carbocycles. The summed E-state index contributed by atoms with van der Waals surface area (Å²) in [5, 5.41) is 6.28. The number of para-hydroxylation sites is 1. The number of benzene rings is 1. The average molecular weight is 353 g/mol. The molecule has 1 aliphatic rings. The maximum Gasteiger partial charge on any atom is 0.253 e. The SMILES string of the molecule is CCCS(=O)(=O)Nc1ccccc1C(=O)NCC1(C)CCNCC1. The van der Waals surface area contributed by atoms with Gasteiger partial charge in [0.15, 0.2) is 0 Å². The summed E-state index contributed by atoms with van der Waals surface area (Å²) in [6.07, 6.45) is 2.55. The van der Waals surface area contributed by atoms with Crippen molar-refractivity contribution < 1.29 is 13.2 Å². The monoisotopic (exact) mass is 353 g/mol. The number of rotatable bonds is 7. The van der Waals surface area contributed by atoms with Crippen LogP contribution in [0.2, 0.25) is 0 Å². The summed E-state index contributed by atoms with van der Waals surface area (Å²) in [6, 6.07) is 6.71. The minimum Gasteiger partial charge on any atom is -0.351 e. The van der Waals surface area contributed by atoms with Crippen LogP contribution < -0.4 is 15.4 Å². The molecule has 0 radical (unpaired) electrons. The summed E-state index contributed by atoms with van der Waals surface area (Å²) in [5.74, 6) is -0.210. The van der Waals surface area contributed by atoms with Crippen LogP contribution >= 0.6 is 0 Å². The van der Waals surface area contributed by atoms with Gasteiger partial charge in [-0.25, -0.2) is 8.42 Å². The summed E-state index contributed by atoms with van der Waals surface area (Å²) in [7, 11) is -3.43. The lowest BCUT2D eigenvalue weighted by atomic mass is 9.81. The van der Waals surface area contributed by atoms with Gasteiger partial charge >= 0.3 is 0 Å². The molecule has 0 spiro atoms. The van der Waals surface area contributed by atoms with E-state index in [9.17, 15) is 13.2 Å². The lowest BCUT2D eigenvalue weighted by Gasteiger charge is -2.34. The van der Waals surface area contributed by atoms with E-state index in [1.165, 1.54) is 0 Å². The van der Waals surface area contributed by atoms with E-state index in [1.54, 1.807) is 31.2 Å². The molecule has 0 unspecified atom stereocenters. The van der Waals surface area contributed by atoms with Gasteiger partial charge in [-0.05, 0) is 49.9 Å². The van der Waals surface area contributed by atoms with Gasteiger partial charge in [-0.2, -0.15) is 0 Å². The Morgan fingerprint density at radius 2 is 1.92 bits per heavy atom. The van der Waals surface area contributed by atoms with Gasteiger partial charge in [0.2, 0.25) is 10.0 Å². The normalized spacial score (nSPS) is 17.2. The van der Waals surface area contributed by atoms with Crippen LogP contribution in [0.4, 0.5) is 5.69 Å². The summed E-state index contributed by atoms with van der Waals surface area (Å²) in [4.78, 5) is 12.5. The predicted molar refractivity (Wildman–Crippen MR) is 96.7 cm³/mol. The third-order valence-corrected chi connectivity index (χ3v) is 5.87. The molecule has 1 saturated heterocycles. The molecule has 1 heterocycles. The standard InChI is InChI=1S/C17H27N3O3S/c1-3-12-24(22,23)20-15-7-5-4-6-14(15)16(21)19-13-17(2)8-10-18-11-9-17/h4-7,18,20H,3,8-13H2,1-2H3,(H,19,21). The predicted octanol–water partition coefficient (Wildman–Crippen LogP) is 1.96. The Kier molecular flexibility index (Phi) is 6.23. The van der Waals surface area contributed by atoms with Gasteiger partial charge in [0, 0.05) is 6.54 Å². The molecule has 134 valence electrons. The van der Waals surface area contributed by atoms with E-state index in [1.807, 2.05) is 0 Å². The number of anilines is 1. The highest BCUT2D eigenvalue weighted by molar-refractivity contribution is 7.92. The zero-order chi connectivity index (χ0) is 17.6. The van der Waals surface area contributed by atoms with Crippen LogP contribution in [0, 0.1) is 5.41 Å². The maximum absolute atomic E-state index is 12.5. The fraction of sp³-hybridized carbons (Fsp3) is 0.588. The van der Waals surface area contributed by atoms with Crippen LogP contribution in [-0.2, 0) is 10.0 Å². The first kappa shape index (κ1) is 18.7. The van der Waals surface area contributed by atoms with Crippen molar-refractivity contribution in [2.45, 2.75) is 33.1 Å². The Hall–Kier alpha value is -1.60. The lowest BCUT2D eigenvalue weighted by molar-refractivity contribution is 0.0923. The van der Waals surface area contributed by atoms with Crippen molar-refractivity contribution in [1.29, 1.82) is 0 Å². The van der Waals surface area contributed by atoms with E-state index in [2.05, 4.69) is 22.3 Å². The number of sulfonamides is 1. The van der Waals surface area contributed by atoms with Crippen molar-refractivity contribution in [2.24, 2.45) is 5.41 Å². The van der Waals surface area contributed by atoms with Gasteiger partial charge in [-0.3, -0.25) is 9.52 Å². The van der Waals surface area contributed by atoms with Gasteiger partial charge in [0.25, 0.3) is 5.91 Å². The fourth-order valence-electron chi connectivity index (χ4n) is 2.85. The zero-order valence-corrected chi connectivity index (χ0v) is 15.2. The van der Waals surface area contributed by atoms with Crippen LogP contribution in [0.1, 0.15) is 43.5 Å². The Morgan fingerprint density at radius 1 is 1.25 bits per heavy atom. The number of carbonyl (C=O) groups is 1. The van der Waals surface area contributed by atoms with Crippen molar-refractivity contribution in [2.75, 3.05) is 30.1 Å². The number of hydrogen-bond donors (Lipinski definition) is 3. The van der Waals surface area contributed by atoms with E-state index in [-0.39, 0.29) is 17.1 Å². The zero-order valence-electron chi connectivity index (χ0n) is 14.4.